The zero-order valence-corrected chi connectivity index (χ0v) is 12.5. The highest BCUT2D eigenvalue weighted by atomic mass is 79.9. The highest BCUT2D eigenvalue weighted by Crippen LogP contribution is 2.23. The van der Waals surface area contributed by atoms with E-state index in [9.17, 15) is 4.79 Å². The van der Waals surface area contributed by atoms with Gasteiger partial charge < -0.3 is 10.2 Å². The van der Waals surface area contributed by atoms with Gasteiger partial charge in [0.25, 0.3) is 0 Å². The third-order valence-corrected chi connectivity index (χ3v) is 3.95. The van der Waals surface area contributed by atoms with Gasteiger partial charge in [-0.1, -0.05) is 0 Å². The molecule has 0 bridgehead atoms. The molecule has 102 valence electrons. The molecule has 2 aromatic heterocycles. The fourth-order valence-electron chi connectivity index (χ4n) is 1.91. The average molecular weight is 326 g/mol. The second-order valence-electron chi connectivity index (χ2n) is 4.23. The third kappa shape index (κ3) is 2.79. The van der Waals surface area contributed by atoms with Crippen LogP contribution in [0, 0.1) is 6.92 Å². The summed E-state index contributed by atoms with van der Waals surface area (Å²) in [7, 11) is 0. The Balaban J connectivity index is 2.23. The Kier molecular flexibility index (Phi) is 4.21. The van der Waals surface area contributed by atoms with Crippen molar-refractivity contribution in [2.45, 2.75) is 33.4 Å². The summed E-state index contributed by atoms with van der Waals surface area (Å²) in [6, 6.07) is 3.39. The van der Waals surface area contributed by atoms with Crippen LogP contribution in [0.3, 0.4) is 0 Å². The molecule has 2 heterocycles. The van der Waals surface area contributed by atoms with Crippen LogP contribution in [0.2, 0.25) is 0 Å². The molecule has 2 aromatic rings. The maximum Gasteiger partial charge on any atom is 0.203 e. The normalized spacial score (nSPS) is 10.9. The predicted molar refractivity (Wildman–Crippen MR) is 75.0 cm³/mol. The molecule has 5 nitrogen and oxygen atoms in total. The summed E-state index contributed by atoms with van der Waals surface area (Å²) in [5.41, 5.74) is 7.21. The van der Waals surface area contributed by atoms with E-state index >= 15 is 0 Å². The molecule has 0 aliphatic carbocycles. The van der Waals surface area contributed by atoms with E-state index in [1.54, 1.807) is 12.1 Å². The number of hydrogen-bond donors (Lipinski definition) is 1. The number of furan rings is 1. The first-order chi connectivity index (χ1) is 9.06. The summed E-state index contributed by atoms with van der Waals surface area (Å²) in [5.74, 6) is 0.881. The molecule has 0 saturated heterocycles. The first-order valence-electron chi connectivity index (χ1n) is 6.10. The van der Waals surface area contributed by atoms with Crippen LogP contribution >= 0.6 is 15.9 Å². The topological polar surface area (TPSA) is 74.0 Å². The molecule has 0 atom stereocenters. The van der Waals surface area contributed by atoms with Crippen LogP contribution in [0.15, 0.2) is 21.0 Å². The predicted octanol–water partition coefficient (Wildman–Crippen LogP) is 2.45. The molecule has 0 saturated carbocycles. The van der Waals surface area contributed by atoms with Gasteiger partial charge in [0, 0.05) is 6.54 Å². The standard InChI is InChI=1S/C13H16BrN3O2/c1-3-17-10(13(14)8(2)16-17)6-11(18)12-5-4-9(7-15)19-12/h4-5H,3,6-7,15H2,1-2H3. The van der Waals surface area contributed by atoms with E-state index in [0.717, 1.165) is 22.4 Å². The molecule has 0 aliphatic heterocycles. The minimum Gasteiger partial charge on any atom is -0.457 e. The summed E-state index contributed by atoms with van der Waals surface area (Å²) >= 11 is 3.48. The first-order valence-corrected chi connectivity index (χ1v) is 6.89. The van der Waals surface area contributed by atoms with Crippen molar-refractivity contribution in [3.05, 3.63) is 39.5 Å². The molecule has 6 heteroatoms. The lowest BCUT2D eigenvalue weighted by molar-refractivity contribution is 0.0962. The largest absolute Gasteiger partial charge is 0.457 e. The molecule has 0 amide bonds. The molecule has 19 heavy (non-hydrogen) atoms. The van der Waals surface area contributed by atoms with Crippen LogP contribution in [0.5, 0.6) is 0 Å². The minimum atomic E-state index is -0.0741. The lowest BCUT2D eigenvalue weighted by Crippen LogP contribution is -2.09. The Morgan fingerprint density at radius 1 is 1.53 bits per heavy atom. The minimum absolute atomic E-state index is 0.0741. The van der Waals surface area contributed by atoms with Crippen molar-refractivity contribution < 1.29 is 9.21 Å². The highest BCUT2D eigenvalue weighted by Gasteiger charge is 2.18. The molecule has 0 spiro atoms. The Bertz CT molecular complexity index is 601. The number of nitrogens with two attached hydrogens (primary N) is 1. The van der Waals surface area contributed by atoms with E-state index in [2.05, 4.69) is 21.0 Å². The molecular formula is C13H16BrN3O2. The van der Waals surface area contributed by atoms with Gasteiger partial charge in [0.15, 0.2) is 5.76 Å². The average Bonchev–Trinajstić information content (AvgIpc) is 2.98. The lowest BCUT2D eigenvalue weighted by Gasteiger charge is -2.03. The number of carbonyl (C=O) groups excluding carboxylic acids is 1. The Hall–Kier alpha value is -1.40. The van der Waals surface area contributed by atoms with Gasteiger partial charge in [-0.25, -0.2) is 0 Å². The molecule has 0 aromatic carbocycles. The lowest BCUT2D eigenvalue weighted by atomic mass is 10.1. The smallest absolute Gasteiger partial charge is 0.203 e. The Morgan fingerprint density at radius 3 is 2.84 bits per heavy atom. The van der Waals surface area contributed by atoms with Gasteiger partial charge in [0.2, 0.25) is 5.78 Å². The van der Waals surface area contributed by atoms with Crippen LogP contribution < -0.4 is 5.73 Å². The van der Waals surface area contributed by atoms with Gasteiger partial charge in [0.05, 0.1) is 28.8 Å². The molecular weight excluding hydrogens is 310 g/mol. The maximum absolute atomic E-state index is 12.2. The quantitative estimate of drug-likeness (QED) is 0.857. The van der Waals surface area contributed by atoms with Crippen molar-refractivity contribution in [2.24, 2.45) is 5.73 Å². The molecule has 0 radical (unpaired) electrons. The van der Waals surface area contributed by atoms with Crippen LogP contribution in [0.25, 0.3) is 0 Å². The molecule has 0 unspecified atom stereocenters. The van der Waals surface area contributed by atoms with Gasteiger partial charge in [-0.15, -0.1) is 0 Å². The van der Waals surface area contributed by atoms with Gasteiger partial charge in [0.1, 0.15) is 5.76 Å². The summed E-state index contributed by atoms with van der Waals surface area (Å²) in [4.78, 5) is 12.2. The number of Topliss-reactive ketones (excluding diaryl/α,β-unsaturated/α-hetero) is 1. The van der Waals surface area contributed by atoms with Crippen LogP contribution in [0.4, 0.5) is 0 Å². The Morgan fingerprint density at radius 2 is 2.26 bits per heavy atom. The van der Waals surface area contributed by atoms with E-state index in [0.29, 0.717) is 18.1 Å². The summed E-state index contributed by atoms with van der Waals surface area (Å²) in [5, 5.41) is 4.36. The number of halogens is 1. The van der Waals surface area contributed by atoms with E-state index in [4.69, 9.17) is 10.2 Å². The second-order valence-corrected chi connectivity index (χ2v) is 5.02. The molecule has 0 aliphatic rings. The molecule has 0 fully saturated rings. The maximum atomic E-state index is 12.2. The number of nitrogens with zero attached hydrogens (tertiary/aromatic N) is 2. The number of aryl methyl sites for hydroxylation is 2. The van der Waals surface area contributed by atoms with Gasteiger partial charge in [-0.05, 0) is 41.9 Å². The zero-order valence-electron chi connectivity index (χ0n) is 10.9. The number of hydrogen-bond acceptors (Lipinski definition) is 4. The summed E-state index contributed by atoms with van der Waals surface area (Å²) in [6.45, 7) is 4.92. The van der Waals surface area contributed by atoms with Gasteiger partial charge in [-0.2, -0.15) is 5.10 Å². The van der Waals surface area contributed by atoms with Crippen molar-refractivity contribution in [2.75, 3.05) is 0 Å². The van der Waals surface area contributed by atoms with E-state index in [1.807, 2.05) is 18.5 Å². The highest BCUT2D eigenvalue weighted by molar-refractivity contribution is 9.10. The fraction of sp³-hybridized carbons (Fsp3) is 0.385. The monoisotopic (exact) mass is 325 g/mol. The Labute approximate surface area is 119 Å². The molecule has 2 rings (SSSR count). The van der Waals surface area contributed by atoms with Crippen LogP contribution in [0.1, 0.15) is 34.6 Å². The number of ketones is 1. The van der Waals surface area contributed by atoms with Gasteiger partial charge >= 0.3 is 0 Å². The molecule has 2 N–H and O–H groups in total. The zero-order chi connectivity index (χ0) is 14.0. The number of carbonyl (C=O) groups is 1. The van der Waals surface area contributed by atoms with E-state index < -0.39 is 0 Å². The fourth-order valence-corrected chi connectivity index (χ4v) is 2.34. The SMILES string of the molecule is CCn1nc(C)c(Br)c1CC(=O)c1ccc(CN)o1. The van der Waals surface area contributed by atoms with Crippen molar-refractivity contribution in [3.63, 3.8) is 0 Å². The van der Waals surface area contributed by atoms with E-state index in [1.165, 1.54) is 0 Å². The summed E-state index contributed by atoms with van der Waals surface area (Å²) < 4.78 is 8.07. The summed E-state index contributed by atoms with van der Waals surface area (Å²) in [6.07, 6.45) is 0.257. The first kappa shape index (κ1) is 14.0. The van der Waals surface area contributed by atoms with Crippen molar-refractivity contribution in [1.29, 1.82) is 0 Å². The second kappa shape index (κ2) is 5.71. The van der Waals surface area contributed by atoms with Crippen molar-refractivity contribution in [3.8, 4) is 0 Å². The van der Waals surface area contributed by atoms with Crippen LogP contribution in [-0.2, 0) is 19.5 Å². The van der Waals surface area contributed by atoms with Crippen molar-refractivity contribution >= 4 is 21.7 Å². The van der Waals surface area contributed by atoms with Gasteiger partial charge in [-0.3, -0.25) is 9.48 Å². The number of rotatable bonds is 5. The van der Waals surface area contributed by atoms with E-state index in [-0.39, 0.29) is 12.2 Å². The third-order valence-electron chi connectivity index (χ3n) is 2.92. The number of aromatic nitrogens is 2. The van der Waals surface area contributed by atoms with Crippen LogP contribution in [-0.4, -0.2) is 15.6 Å². The van der Waals surface area contributed by atoms with Crippen molar-refractivity contribution in [1.82, 2.24) is 9.78 Å².